The van der Waals surface area contributed by atoms with Gasteiger partial charge in [0.1, 0.15) is 0 Å². The molecule has 2 rings (SSSR count). The van der Waals surface area contributed by atoms with E-state index in [0.717, 1.165) is 25.2 Å². The van der Waals surface area contributed by atoms with E-state index < -0.39 is 5.60 Å². The molecule has 3 nitrogen and oxygen atoms in total. The fourth-order valence-electron chi connectivity index (χ4n) is 2.31. The van der Waals surface area contributed by atoms with Crippen LogP contribution >= 0.6 is 0 Å². The Morgan fingerprint density at radius 2 is 2.00 bits per heavy atom. The number of benzene rings is 1. The van der Waals surface area contributed by atoms with Crippen LogP contribution in [0.4, 0.5) is 0 Å². The molecule has 0 radical (unpaired) electrons. The monoisotopic (exact) mass is 234 g/mol. The van der Waals surface area contributed by atoms with Crippen molar-refractivity contribution in [2.75, 3.05) is 26.2 Å². The molecule has 1 aliphatic heterocycles. The summed E-state index contributed by atoms with van der Waals surface area (Å²) < 4.78 is 0. The highest BCUT2D eigenvalue weighted by Gasteiger charge is 2.31. The number of hydrogen-bond donors (Lipinski definition) is 2. The molecule has 1 aromatic rings. The maximum Gasteiger partial charge on any atom is 0.0994 e. The normalized spacial score (nSPS) is 20.0. The summed E-state index contributed by atoms with van der Waals surface area (Å²) in [6.07, 6.45) is 0. The van der Waals surface area contributed by atoms with Crippen molar-refractivity contribution in [3.63, 3.8) is 0 Å². The lowest BCUT2D eigenvalue weighted by Crippen LogP contribution is -2.59. The van der Waals surface area contributed by atoms with E-state index in [1.807, 2.05) is 37.3 Å². The molecule has 0 spiro atoms. The molecule has 94 valence electrons. The summed E-state index contributed by atoms with van der Waals surface area (Å²) in [6.45, 7) is 7.81. The van der Waals surface area contributed by atoms with Gasteiger partial charge in [0.25, 0.3) is 0 Å². The van der Waals surface area contributed by atoms with Crippen LogP contribution in [-0.4, -0.2) is 42.2 Å². The molecule has 0 bridgehead atoms. The first kappa shape index (κ1) is 12.6. The summed E-state index contributed by atoms with van der Waals surface area (Å²) in [5.41, 5.74) is 0.220. The molecule has 1 aliphatic rings. The van der Waals surface area contributed by atoms with Crippen molar-refractivity contribution >= 4 is 0 Å². The van der Waals surface area contributed by atoms with E-state index >= 15 is 0 Å². The summed E-state index contributed by atoms with van der Waals surface area (Å²) in [4.78, 5) is 2.35. The molecule has 0 amide bonds. The zero-order valence-electron chi connectivity index (χ0n) is 10.7. The Hall–Kier alpha value is -0.900. The molecule has 0 aromatic heterocycles. The van der Waals surface area contributed by atoms with E-state index in [1.54, 1.807) is 0 Å². The third-order valence-corrected chi connectivity index (χ3v) is 3.59. The molecule has 0 aliphatic carbocycles. The molecule has 17 heavy (non-hydrogen) atoms. The predicted molar refractivity (Wildman–Crippen MR) is 69.9 cm³/mol. The highest BCUT2D eigenvalue weighted by Crippen LogP contribution is 2.23. The first-order valence-corrected chi connectivity index (χ1v) is 6.36. The topological polar surface area (TPSA) is 35.5 Å². The van der Waals surface area contributed by atoms with Crippen molar-refractivity contribution in [3.05, 3.63) is 35.9 Å². The maximum absolute atomic E-state index is 10.6. The van der Waals surface area contributed by atoms with Crippen LogP contribution in [0.3, 0.4) is 0 Å². The molecular weight excluding hydrogens is 212 g/mol. The maximum atomic E-state index is 10.6. The summed E-state index contributed by atoms with van der Waals surface area (Å²) in [5.74, 6) is 0. The minimum atomic E-state index is -0.771. The minimum absolute atomic E-state index is 0.579. The van der Waals surface area contributed by atoms with Gasteiger partial charge in [-0.25, -0.2) is 0 Å². The lowest BCUT2D eigenvalue weighted by molar-refractivity contribution is -0.00429. The first-order valence-electron chi connectivity index (χ1n) is 6.36. The van der Waals surface area contributed by atoms with Gasteiger partial charge in [-0.3, -0.25) is 4.90 Å². The number of rotatable bonds is 5. The first-order chi connectivity index (χ1) is 8.13. The Kier molecular flexibility index (Phi) is 3.82. The van der Waals surface area contributed by atoms with Crippen LogP contribution in [0, 0.1) is 0 Å². The molecule has 2 N–H and O–H groups in total. The molecule has 1 saturated heterocycles. The Balaban J connectivity index is 2.05. The average Bonchev–Trinajstić information content (AvgIpc) is 2.27. The zero-order valence-corrected chi connectivity index (χ0v) is 10.7. The van der Waals surface area contributed by atoms with Crippen LogP contribution in [0.25, 0.3) is 0 Å². The summed E-state index contributed by atoms with van der Waals surface area (Å²) >= 11 is 0. The van der Waals surface area contributed by atoms with Gasteiger partial charge in [-0.1, -0.05) is 37.3 Å². The van der Waals surface area contributed by atoms with Gasteiger partial charge >= 0.3 is 0 Å². The number of hydrogen-bond acceptors (Lipinski definition) is 3. The van der Waals surface area contributed by atoms with Crippen molar-refractivity contribution in [1.82, 2.24) is 10.2 Å². The zero-order chi connectivity index (χ0) is 12.3. The van der Waals surface area contributed by atoms with Gasteiger partial charge in [-0.05, 0) is 19.0 Å². The van der Waals surface area contributed by atoms with E-state index in [4.69, 9.17) is 0 Å². The lowest BCUT2D eigenvalue weighted by Gasteiger charge is -2.41. The van der Waals surface area contributed by atoms with Crippen LogP contribution in [0.1, 0.15) is 19.4 Å². The van der Waals surface area contributed by atoms with Gasteiger partial charge in [0, 0.05) is 25.7 Å². The third-order valence-electron chi connectivity index (χ3n) is 3.59. The fourth-order valence-corrected chi connectivity index (χ4v) is 2.31. The Bertz CT molecular complexity index is 346. The lowest BCUT2D eigenvalue weighted by atomic mass is 9.94. The standard InChI is InChI=1S/C14H22N2O/c1-3-16(13-9-15-10-13)11-14(2,17)12-7-5-4-6-8-12/h4-8,13,15,17H,3,9-11H2,1-2H3. The van der Waals surface area contributed by atoms with E-state index in [0.29, 0.717) is 12.6 Å². The number of nitrogens with zero attached hydrogens (tertiary/aromatic N) is 1. The third kappa shape index (κ3) is 2.86. The molecule has 3 heteroatoms. The molecule has 0 saturated carbocycles. The van der Waals surface area contributed by atoms with Crippen LogP contribution in [-0.2, 0) is 5.60 Å². The second kappa shape index (κ2) is 5.17. The van der Waals surface area contributed by atoms with Gasteiger partial charge in [-0.2, -0.15) is 0 Å². The van der Waals surface area contributed by atoms with Crippen LogP contribution in [0.15, 0.2) is 30.3 Å². The molecular formula is C14H22N2O. The van der Waals surface area contributed by atoms with E-state index in [1.165, 1.54) is 0 Å². The van der Waals surface area contributed by atoms with Crippen molar-refractivity contribution in [2.24, 2.45) is 0 Å². The van der Waals surface area contributed by atoms with Gasteiger partial charge in [-0.15, -0.1) is 0 Å². The smallest absolute Gasteiger partial charge is 0.0994 e. The number of nitrogens with one attached hydrogen (secondary N) is 1. The number of likely N-dealkylation sites (N-methyl/N-ethyl adjacent to an activating group) is 1. The second-order valence-corrected chi connectivity index (χ2v) is 5.02. The van der Waals surface area contributed by atoms with Crippen LogP contribution in [0.5, 0.6) is 0 Å². The molecule has 1 heterocycles. The highest BCUT2D eigenvalue weighted by molar-refractivity contribution is 5.21. The van der Waals surface area contributed by atoms with E-state index in [2.05, 4.69) is 17.1 Å². The van der Waals surface area contributed by atoms with Gasteiger partial charge in [0.15, 0.2) is 0 Å². The highest BCUT2D eigenvalue weighted by atomic mass is 16.3. The second-order valence-electron chi connectivity index (χ2n) is 5.02. The quantitative estimate of drug-likeness (QED) is 0.803. The van der Waals surface area contributed by atoms with Crippen molar-refractivity contribution in [2.45, 2.75) is 25.5 Å². The summed E-state index contributed by atoms with van der Waals surface area (Å²) in [5, 5.41) is 13.9. The SMILES string of the molecule is CCN(CC(C)(O)c1ccccc1)C1CNC1. The Morgan fingerprint density at radius 3 is 2.47 bits per heavy atom. The van der Waals surface area contributed by atoms with E-state index in [-0.39, 0.29) is 0 Å². The van der Waals surface area contributed by atoms with Crippen LogP contribution in [0.2, 0.25) is 0 Å². The van der Waals surface area contributed by atoms with E-state index in [9.17, 15) is 5.11 Å². The largest absolute Gasteiger partial charge is 0.384 e. The predicted octanol–water partition coefficient (Wildman–Crippen LogP) is 1.19. The Labute approximate surface area is 103 Å². The molecule has 1 unspecified atom stereocenters. The Morgan fingerprint density at radius 1 is 1.35 bits per heavy atom. The van der Waals surface area contributed by atoms with Gasteiger partial charge < -0.3 is 10.4 Å². The van der Waals surface area contributed by atoms with Crippen LogP contribution < -0.4 is 5.32 Å². The molecule has 1 fully saturated rings. The molecule has 1 atom stereocenters. The summed E-state index contributed by atoms with van der Waals surface area (Å²) in [7, 11) is 0. The van der Waals surface area contributed by atoms with Crippen molar-refractivity contribution in [3.8, 4) is 0 Å². The molecule has 1 aromatic carbocycles. The van der Waals surface area contributed by atoms with Gasteiger partial charge in [0.05, 0.1) is 5.60 Å². The summed E-state index contributed by atoms with van der Waals surface area (Å²) in [6, 6.07) is 10.5. The van der Waals surface area contributed by atoms with Gasteiger partial charge in [0.2, 0.25) is 0 Å². The minimum Gasteiger partial charge on any atom is -0.384 e. The van der Waals surface area contributed by atoms with Crippen molar-refractivity contribution < 1.29 is 5.11 Å². The average molecular weight is 234 g/mol. The van der Waals surface area contributed by atoms with Crippen molar-refractivity contribution in [1.29, 1.82) is 0 Å². The number of aliphatic hydroxyl groups is 1. The fraction of sp³-hybridized carbons (Fsp3) is 0.571.